The maximum Gasteiger partial charge on any atom is 0.236 e. The number of benzene rings is 2. The molecule has 0 unspecified atom stereocenters. The smallest absolute Gasteiger partial charge is 0.236 e. The molecule has 0 spiro atoms. The van der Waals surface area contributed by atoms with Gasteiger partial charge in [-0.25, -0.2) is 0 Å². The molecule has 0 bridgehead atoms. The van der Waals surface area contributed by atoms with Gasteiger partial charge in [-0.05, 0) is 44.0 Å². The van der Waals surface area contributed by atoms with Crippen molar-refractivity contribution in [3.05, 3.63) is 66.2 Å². The van der Waals surface area contributed by atoms with Crippen LogP contribution in [0.3, 0.4) is 0 Å². The third-order valence-corrected chi connectivity index (χ3v) is 5.53. The highest BCUT2D eigenvalue weighted by molar-refractivity contribution is 5.92. The number of para-hydroxylation sites is 1. The first-order valence-corrected chi connectivity index (χ1v) is 9.93. The molecular weight excluding hydrogens is 350 g/mol. The van der Waals surface area contributed by atoms with Gasteiger partial charge in [-0.15, -0.1) is 0 Å². The molecular formula is C23H29N3O2. The topological polar surface area (TPSA) is 52.7 Å². The number of hydrogen-bond donors (Lipinski definition) is 1. The highest BCUT2D eigenvalue weighted by atomic mass is 16.2. The van der Waals surface area contributed by atoms with Gasteiger partial charge >= 0.3 is 0 Å². The average molecular weight is 380 g/mol. The summed E-state index contributed by atoms with van der Waals surface area (Å²) in [6, 6.07) is 19.6. The number of piperidine rings is 1. The molecule has 0 saturated carbocycles. The van der Waals surface area contributed by atoms with E-state index in [-0.39, 0.29) is 23.8 Å². The third-order valence-electron chi connectivity index (χ3n) is 5.53. The van der Waals surface area contributed by atoms with Crippen LogP contribution in [-0.2, 0) is 9.59 Å². The molecule has 2 amide bonds. The molecule has 2 aromatic carbocycles. The summed E-state index contributed by atoms with van der Waals surface area (Å²) in [5.74, 6) is 0.0356. The standard InChI is InChI=1S/C23H29N3O2/c1-18(19-10-5-3-6-11-19)25(2)22(27)17-26-15-9-12-20(16-26)23(28)24-21-13-7-4-8-14-21/h3-8,10-11,13-14,18,20H,9,12,15-17H2,1-2H3,(H,24,28)/t18-,20-/m0/s1. The van der Waals surface area contributed by atoms with Gasteiger partial charge in [-0.1, -0.05) is 48.5 Å². The molecule has 1 saturated heterocycles. The van der Waals surface area contributed by atoms with Gasteiger partial charge in [0.25, 0.3) is 0 Å². The number of likely N-dealkylation sites (tertiary alicyclic amines) is 1. The zero-order valence-electron chi connectivity index (χ0n) is 16.7. The van der Waals surface area contributed by atoms with E-state index in [1.807, 2.05) is 74.6 Å². The average Bonchev–Trinajstić information content (AvgIpc) is 2.74. The number of likely N-dealkylation sites (N-methyl/N-ethyl adjacent to an activating group) is 1. The van der Waals surface area contributed by atoms with Crippen LogP contribution in [0, 0.1) is 5.92 Å². The first-order chi connectivity index (χ1) is 13.5. The first kappa shape index (κ1) is 20.1. The normalized spacial score (nSPS) is 18.3. The Bertz CT molecular complexity index is 779. The lowest BCUT2D eigenvalue weighted by molar-refractivity contribution is -0.134. The monoisotopic (exact) mass is 379 g/mol. The quantitative estimate of drug-likeness (QED) is 0.835. The van der Waals surface area contributed by atoms with Gasteiger partial charge < -0.3 is 10.2 Å². The Kier molecular flexibility index (Phi) is 6.82. The Labute approximate surface area is 167 Å². The van der Waals surface area contributed by atoms with Crippen LogP contribution in [0.5, 0.6) is 0 Å². The number of anilines is 1. The van der Waals surface area contributed by atoms with E-state index in [2.05, 4.69) is 10.2 Å². The van der Waals surface area contributed by atoms with Crippen molar-refractivity contribution in [3.63, 3.8) is 0 Å². The fourth-order valence-electron chi connectivity index (χ4n) is 3.65. The Balaban J connectivity index is 1.54. The summed E-state index contributed by atoms with van der Waals surface area (Å²) in [5, 5.41) is 2.99. The van der Waals surface area contributed by atoms with Crippen LogP contribution >= 0.6 is 0 Å². The highest BCUT2D eigenvalue weighted by Gasteiger charge is 2.28. The molecule has 0 aromatic heterocycles. The van der Waals surface area contributed by atoms with Crippen molar-refractivity contribution in [2.75, 3.05) is 32.0 Å². The van der Waals surface area contributed by atoms with E-state index in [0.717, 1.165) is 30.6 Å². The van der Waals surface area contributed by atoms with E-state index in [4.69, 9.17) is 0 Å². The minimum absolute atomic E-state index is 0.0238. The van der Waals surface area contributed by atoms with Crippen molar-refractivity contribution in [2.45, 2.75) is 25.8 Å². The Morgan fingerprint density at radius 1 is 1.11 bits per heavy atom. The van der Waals surface area contributed by atoms with Crippen molar-refractivity contribution < 1.29 is 9.59 Å². The van der Waals surface area contributed by atoms with Gasteiger partial charge in [-0.3, -0.25) is 14.5 Å². The molecule has 1 fully saturated rings. The van der Waals surface area contributed by atoms with Crippen molar-refractivity contribution in [2.24, 2.45) is 5.92 Å². The fourth-order valence-corrected chi connectivity index (χ4v) is 3.65. The molecule has 0 radical (unpaired) electrons. The van der Waals surface area contributed by atoms with Crippen LogP contribution in [0.4, 0.5) is 5.69 Å². The largest absolute Gasteiger partial charge is 0.338 e. The number of rotatable bonds is 6. The van der Waals surface area contributed by atoms with Gasteiger partial charge in [0.15, 0.2) is 0 Å². The van der Waals surface area contributed by atoms with E-state index in [1.54, 1.807) is 4.90 Å². The summed E-state index contributed by atoms with van der Waals surface area (Å²) in [4.78, 5) is 29.3. The van der Waals surface area contributed by atoms with Crippen LogP contribution in [0.25, 0.3) is 0 Å². The minimum Gasteiger partial charge on any atom is -0.338 e. The highest BCUT2D eigenvalue weighted by Crippen LogP contribution is 2.21. The summed E-state index contributed by atoms with van der Waals surface area (Å²) in [6.07, 6.45) is 1.79. The van der Waals surface area contributed by atoms with E-state index < -0.39 is 0 Å². The van der Waals surface area contributed by atoms with Crippen LogP contribution in [0.1, 0.15) is 31.4 Å². The molecule has 5 nitrogen and oxygen atoms in total. The van der Waals surface area contributed by atoms with Gasteiger partial charge in [0, 0.05) is 19.3 Å². The lowest BCUT2D eigenvalue weighted by atomic mass is 9.97. The fraction of sp³-hybridized carbons (Fsp3) is 0.391. The zero-order chi connectivity index (χ0) is 19.9. The molecule has 2 atom stereocenters. The van der Waals surface area contributed by atoms with Crippen LogP contribution < -0.4 is 5.32 Å². The second-order valence-electron chi connectivity index (χ2n) is 7.52. The van der Waals surface area contributed by atoms with Crippen molar-refractivity contribution >= 4 is 17.5 Å². The maximum atomic E-state index is 12.8. The molecule has 0 aliphatic carbocycles. The SMILES string of the molecule is C[C@@H](c1ccccc1)N(C)C(=O)CN1CCC[C@H](C(=O)Nc2ccccc2)C1. The predicted molar refractivity (Wildman–Crippen MR) is 112 cm³/mol. The van der Waals surface area contributed by atoms with E-state index >= 15 is 0 Å². The summed E-state index contributed by atoms with van der Waals surface area (Å²) in [5.41, 5.74) is 1.94. The van der Waals surface area contributed by atoms with Gasteiger partial charge in [-0.2, -0.15) is 0 Å². The zero-order valence-corrected chi connectivity index (χ0v) is 16.7. The van der Waals surface area contributed by atoms with E-state index in [9.17, 15) is 9.59 Å². The lowest BCUT2D eigenvalue weighted by Crippen LogP contribution is -2.46. The Hall–Kier alpha value is -2.66. The van der Waals surface area contributed by atoms with Crippen LogP contribution in [-0.4, -0.2) is 48.3 Å². The molecule has 28 heavy (non-hydrogen) atoms. The molecule has 2 aromatic rings. The van der Waals surface area contributed by atoms with Gasteiger partial charge in [0.05, 0.1) is 18.5 Å². The summed E-state index contributed by atoms with van der Waals surface area (Å²) in [6.45, 7) is 3.87. The number of amides is 2. The molecule has 1 aliphatic rings. The van der Waals surface area contributed by atoms with E-state index in [0.29, 0.717) is 13.1 Å². The Morgan fingerprint density at radius 3 is 2.43 bits per heavy atom. The second-order valence-corrected chi connectivity index (χ2v) is 7.52. The van der Waals surface area contributed by atoms with Gasteiger partial charge in [0.1, 0.15) is 0 Å². The Morgan fingerprint density at radius 2 is 1.75 bits per heavy atom. The second kappa shape index (κ2) is 9.51. The maximum absolute atomic E-state index is 12.8. The number of carbonyl (C=O) groups excluding carboxylic acids is 2. The molecule has 1 heterocycles. The van der Waals surface area contributed by atoms with Crippen molar-refractivity contribution in [3.8, 4) is 0 Å². The summed E-state index contributed by atoms with van der Waals surface area (Å²) < 4.78 is 0. The molecule has 3 rings (SSSR count). The molecule has 5 heteroatoms. The first-order valence-electron chi connectivity index (χ1n) is 9.93. The number of hydrogen-bond acceptors (Lipinski definition) is 3. The number of carbonyl (C=O) groups is 2. The molecule has 1 aliphatic heterocycles. The molecule has 148 valence electrons. The number of nitrogens with one attached hydrogen (secondary N) is 1. The summed E-state index contributed by atoms with van der Waals surface area (Å²) >= 11 is 0. The van der Waals surface area contributed by atoms with Crippen molar-refractivity contribution in [1.29, 1.82) is 0 Å². The third kappa shape index (κ3) is 5.20. The van der Waals surface area contributed by atoms with E-state index in [1.165, 1.54) is 0 Å². The van der Waals surface area contributed by atoms with Crippen LogP contribution in [0.2, 0.25) is 0 Å². The molecule has 1 N–H and O–H groups in total. The van der Waals surface area contributed by atoms with Gasteiger partial charge in [0.2, 0.25) is 11.8 Å². The van der Waals surface area contributed by atoms with Crippen molar-refractivity contribution in [1.82, 2.24) is 9.80 Å². The lowest BCUT2D eigenvalue weighted by Gasteiger charge is -2.33. The van der Waals surface area contributed by atoms with Crippen LogP contribution in [0.15, 0.2) is 60.7 Å². The number of nitrogens with zero attached hydrogens (tertiary/aromatic N) is 2. The predicted octanol–water partition coefficient (Wildman–Crippen LogP) is 3.56. The minimum atomic E-state index is -0.0846. The summed E-state index contributed by atoms with van der Waals surface area (Å²) in [7, 11) is 1.85.